The van der Waals surface area contributed by atoms with Crippen molar-refractivity contribution in [3.8, 4) is 0 Å². The number of ketones is 1. The van der Waals surface area contributed by atoms with Gasteiger partial charge in [0.2, 0.25) is 0 Å². The molecule has 0 saturated carbocycles. The predicted octanol–water partition coefficient (Wildman–Crippen LogP) is 4.57. The SMILES string of the molecule is CCCCC[C@@H](O)C=CC1=C(CCCCCCC(=O)O)C(=O)CC1. The van der Waals surface area contributed by atoms with Crippen LogP contribution in [0, 0.1) is 0 Å². The summed E-state index contributed by atoms with van der Waals surface area (Å²) in [5, 5.41) is 18.6. The van der Waals surface area contributed by atoms with Crippen molar-refractivity contribution in [2.75, 3.05) is 0 Å². The Morgan fingerprint density at radius 1 is 1.12 bits per heavy atom. The van der Waals surface area contributed by atoms with E-state index < -0.39 is 12.1 Å². The molecule has 1 aliphatic carbocycles. The lowest BCUT2D eigenvalue weighted by Crippen LogP contribution is -2.02. The molecule has 136 valence electrons. The van der Waals surface area contributed by atoms with E-state index in [4.69, 9.17) is 5.11 Å². The number of aliphatic hydroxyl groups is 1. The first-order chi connectivity index (χ1) is 11.5. The number of Topliss-reactive ketones (excluding diaryl/α,β-unsaturated/α-hetero) is 1. The number of rotatable bonds is 13. The maximum Gasteiger partial charge on any atom is 0.303 e. The largest absolute Gasteiger partial charge is 0.481 e. The van der Waals surface area contributed by atoms with Gasteiger partial charge in [-0.25, -0.2) is 0 Å². The summed E-state index contributed by atoms with van der Waals surface area (Å²) in [6, 6.07) is 0. The quantitative estimate of drug-likeness (QED) is 0.483. The van der Waals surface area contributed by atoms with Gasteiger partial charge in [0, 0.05) is 12.8 Å². The molecule has 0 spiro atoms. The Labute approximate surface area is 145 Å². The molecule has 2 N–H and O–H groups in total. The van der Waals surface area contributed by atoms with Crippen molar-refractivity contribution in [1.29, 1.82) is 0 Å². The van der Waals surface area contributed by atoms with Crippen LogP contribution >= 0.6 is 0 Å². The van der Waals surface area contributed by atoms with Crippen molar-refractivity contribution in [1.82, 2.24) is 0 Å². The third kappa shape index (κ3) is 8.44. The van der Waals surface area contributed by atoms with E-state index >= 15 is 0 Å². The van der Waals surface area contributed by atoms with E-state index in [0.717, 1.165) is 68.9 Å². The number of carboxylic acids is 1. The summed E-state index contributed by atoms with van der Waals surface area (Å²) < 4.78 is 0. The molecular formula is C20H32O4. The number of carboxylic acid groups (broad SMARTS) is 1. The van der Waals surface area contributed by atoms with E-state index in [1.54, 1.807) is 0 Å². The summed E-state index contributed by atoms with van der Waals surface area (Å²) >= 11 is 0. The normalized spacial score (nSPS) is 16.3. The van der Waals surface area contributed by atoms with Crippen molar-refractivity contribution < 1.29 is 19.8 Å². The molecule has 0 fully saturated rings. The lowest BCUT2D eigenvalue weighted by molar-refractivity contribution is -0.137. The van der Waals surface area contributed by atoms with Gasteiger partial charge in [0.15, 0.2) is 5.78 Å². The molecule has 0 radical (unpaired) electrons. The number of unbranched alkanes of at least 4 members (excludes halogenated alkanes) is 5. The average Bonchev–Trinajstić information content (AvgIpc) is 2.89. The second kappa shape index (κ2) is 12.0. The van der Waals surface area contributed by atoms with Gasteiger partial charge in [-0.05, 0) is 43.3 Å². The minimum atomic E-state index is -0.742. The highest BCUT2D eigenvalue weighted by Gasteiger charge is 2.20. The highest BCUT2D eigenvalue weighted by Crippen LogP contribution is 2.28. The van der Waals surface area contributed by atoms with Crippen LogP contribution < -0.4 is 0 Å². The molecule has 4 nitrogen and oxygen atoms in total. The predicted molar refractivity (Wildman–Crippen MR) is 95.9 cm³/mol. The molecule has 0 saturated heterocycles. The van der Waals surface area contributed by atoms with E-state index in [0.29, 0.717) is 12.8 Å². The van der Waals surface area contributed by atoms with Gasteiger partial charge in [0.05, 0.1) is 6.10 Å². The Bertz CT molecular complexity index is 462. The van der Waals surface area contributed by atoms with E-state index in [2.05, 4.69) is 6.92 Å². The summed E-state index contributed by atoms with van der Waals surface area (Å²) in [7, 11) is 0. The van der Waals surface area contributed by atoms with Crippen LogP contribution in [0.25, 0.3) is 0 Å². The van der Waals surface area contributed by atoms with Gasteiger partial charge in [-0.15, -0.1) is 0 Å². The monoisotopic (exact) mass is 336 g/mol. The van der Waals surface area contributed by atoms with E-state index in [9.17, 15) is 14.7 Å². The Morgan fingerprint density at radius 2 is 1.88 bits per heavy atom. The minimum absolute atomic E-state index is 0.228. The average molecular weight is 336 g/mol. The Hall–Kier alpha value is -1.42. The van der Waals surface area contributed by atoms with Crippen LogP contribution in [0.5, 0.6) is 0 Å². The van der Waals surface area contributed by atoms with Gasteiger partial charge in [-0.1, -0.05) is 51.2 Å². The maximum atomic E-state index is 12.0. The van der Waals surface area contributed by atoms with Crippen molar-refractivity contribution in [3.63, 3.8) is 0 Å². The van der Waals surface area contributed by atoms with Crippen molar-refractivity contribution >= 4 is 11.8 Å². The van der Waals surface area contributed by atoms with E-state index in [1.807, 2.05) is 12.2 Å². The summed E-state index contributed by atoms with van der Waals surface area (Å²) in [6.45, 7) is 2.14. The molecule has 24 heavy (non-hydrogen) atoms. The first kappa shape index (κ1) is 20.6. The lowest BCUT2D eigenvalue weighted by Gasteiger charge is -2.06. The van der Waals surface area contributed by atoms with Gasteiger partial charge < -0.3 is 10.2 Å². The van der Waals surface area contributed by atoms with Gasteiger partial charge in [0.25, 0.3) is 0 Å². The Morgan fingerprint density at radius 3 is 2.58 bits per heavy atom. The van der Waals surface area contributed by atoms with Gasteiger partial charge in [0.1, 0.15) is 0 Å². The number of aliphatic hydroxyl groups excluding tert-OH is 1. The second-order valence-electron chi connectivity index (χ2n) is 6.66. The van der Waals surface area contributed by atoms with Crippen molar-refractivity contribution in [2.45, 2.75) is 90.1 Å². The third-order valence-corrected chi connectivity index (χ3v) is 4.54. The molecule has 0 aromatic carbocycles. The highest BCUT2D eigenvalue weighted by atomic mass is 16.4. The number of hydrogen-bond donors (Lipinski definition) is 2. The van der Waals surface area contributed by atoms with E-state index in [-0.39, 0.29) is 12.2 Å². The third-order valence-electron chi connectivity index (χ3n) is 4.54. The zero-order chi connectivity index (χ0) is 17.8. The van der Waals surface area contributed by atoms with Crippen LogP contribution in [0.1, 0.15) is 84.0 Å². The topological polar surface area (TPSA) is 74.6 Å². The summed E-state index contributed by atoms with van der Waals surface area (Å²) in [4.78, 5) is 22.5. The van der Waals surface area contributed by atoms with Crippen LogP contribution in [-0.2, 0) is 9.59 Å². The lowest BCUT2D eigenvalue weighted by atomic mass is 10.0. The number of hydrogen-bond acceptors (Lipinski definition) is 3. The van der Waals surface area contributed by atoms with Crippen molar-refractivity contribution in [3.05, 3.63) is 23.3 Å². The molecule has 0 heterocycles. The zero-order valence-electron chi connectivity index (χ0n) is 14.9. The van der Waals surface area contributed by atoms with Gasteiger partial charge in [-0.2, -0.15) is 0 Å². The van der Waals surface area contributed by atoms with Crippen LogP contribution in [0.4, 0.5) is 0 Å². The summed E-state index contributed by atoms with van der Waals surface area (Å²) in [5.41, 5.74) is 2.00. The molecule has 0 amide bonds. The van der Waals surface area contributed by atoms with Crippen LogP contribution in [0.2, 0.25) is 0 Å². The van der Waals surface area contributed by atoms with Crippen LogP contribution in [-0.4, -0.2) is 28.1 Å². The maximum absolute atomic E-state index is 12.0. The molecule has 0 aliphatic heterocycles. The number of aliphatic carboxylic acids is 1. The fraction of sp³-hybridized carbons (Fsp3) is 0.700. The number of allylic oxidation sites excluding steroid dienone is 3. The first-order valence-electron chi connectivity index (χ1n) is 9.37. The molecule has 0 unspecified atom stereocenters. The first-order valence-corrected chi connectivity index (χ1v) is 9.37. The summed E-state index contributed by atoms with van der Waals surface area (Å²) in [5.74, 6) is -0.505. The molecule has 4 heteroatoms. The second-order valence-corrected chi connectivity index (χ2v) is 6.66. The molecule has 1 aliphatic rings. The van der Waals surface area contributed by atoms with Crippen LogP contribution in [0.3, 0.4) is 0 Å². The smallest absolute Gasteiger partial charge is 0.303 e. The fourth-order valence-corrected chi connectivity index (χ4v) is 3.07. The Kier molecular flexibility index (Phi) is 10.3. The van der Waals surface area contributed by atoms with Gasteiger partial charge in [-0.3, -0.25) is 9.59 Å². The van der Waals surface area contributed by atoms with E-state index in [1.165, 1.54) is 0 Å². The molecule has 0 aromatic heterocycles. The standard InChI is InChI=1S/C20H32O4/c1-2-3-6-9-17(21)14-12-16-13-15-19(22)18(16)10-7-4-5-8-11-20(23)24/h12,14,17,21H,2-11,13,15H2,1H3,(H,23,24)/t17-/m1/s1. The molecule has 1 rings (SSSR count). The molecule has 0 aromatic rings. The molecule has 0 bridgehead atoms. The fourth-order valence-electron chi connectivity index (χ4n) is 3.07. The summed E-state index contributed by atoms with van der Waals surface area (Å²) in [6.07, 6.45) is 13.3. The van der Waals surface area contributed by atoms with Crippen LogP contribution in [0.15, 0.2) is 23.3 Å². The highest BCUT2D eigenvalue weighted by molar-refractivity contribution is 5.99. The molecule has 1 atom stereocenters. The molecular weight excluding hydrogens is 304 g/mol. The minimum Gasteiger partial charge on any atom is -0.481 e. The number of carbonyl (C=O) groups is 2. The Balaban J connectivity index is 2.39. The zero-order valence-corrected chi connectivity index (χ0v) is 14.9. The van der Waals surface area contributed by atoms with Crippen molar-refractivity contribution in [2.24, 2.45) is 0 Å². The van der Waals surface area contributed by atoms with Gasteiger partial charge >= 0.3 is 5.97 Å². The number of carbonyl (C=O) groups excluding carboxylic acids is 1.